The summed E-state index contributed by atoms with van der Waals surface area (Å²) in [5.41, 5.74) is 2.20. The zero-order chi connectivity index (χ0) is 15.2. The summed E-state index contributed by atoms with van der Waals surface area (Å²) in [7, 11) is 0. The number of halogens is 3. The molecule has 2 aromatic carbocycles. The monoisotopic (exact) mass is 290 g/mol. The van der Waals surface area contributed by atoms with Crippen LogP contribution >= 0.6 is 0 Å². The topological polar surface area (TPSA) is 17.1 Å². The molecule has 1 aliphatic rings. The number of Topliss-reactive ketones (excluding diaryl/α,β-unsaturated/α-hetero) is 1. The predicted octanol–water partition coefficient (Wildman–Crippen LogP) is 4.73. The Hall–Kier alpha value is -2.10. The van der Waals surface area contributed by atoms with Crippen LogP contribution in [0.1, 0.15) is 45.0 Å². The van der Waals surface area contributed by atoms with Gasteiger partial charge >= 0.3 is 6.18 Å². The highest BCUT2D eigenvalue weighted by molar-refractivity contribution is 6.02. The smallest absolute Gasteiger partial charge is 0.294 e. The van der Waals surface area contributed by atoms with Crippen LogP contribution in [0.15, 0.2) is 42.5 Å². The highest BCUT2D eigenvalue weighted by atomic mass is 19.4. The van der Waals surface area contributed by atoms with Crippen molar-refractivity contribution >= 4 is 5.78 Å². The third-order valence-electron chi connectivity index (χ3n) is 3.93. The number of carbonyl (C=O) groups is 1. The first-order valence-corrected chi connectivity index (χ1v) is 6.67. The second-order valence-electron chi connectivity index (χ2n) is 5.39. The molecule has 0 amide bonds. The molecule has 0 spiro atoms. The van der Waals surface area contributed by atoms with Crippen molar-refractivity contribution in [3.05, 3.63) is 70.3 Å². The van der Waals surface area contributed by atoms with Crippen molar-refractivity contribution in [2.75, 3.05) is 0 Å². The van der Waals surface area contributed by atoms with Crippen LogP contribution in [0.4, 0.5) is 13.2 Å². The molecule has 0 unspecified atom stereocenters. The van der Waals surface area contributed by atoms with E-state index in [0.717, 1.165) is 23.3 Å². The van der Waals surface area contributed by atoms with E-state index in [1.807, 2.05) is 31.2 Å². The van der Waals surface area contributed by atoms with Gasteiger partial charge in [-0.05, 0) is 30.2 Å². The quantitative estimate of drug-likeness (QED) is 0.742. The Bertz CT molecular complexity index is 699. The molecule has 0 N–H and O–H groups in total. The van der Waals surface area contributed by atoms with E-state index in [0.29, 0.717) is 5.56 Å². The Balaban J connectivity index is 2.04. The van der Waals surface area contributed by atoms with E-state index in [1.54, 1.807) is 0 Å². The minimum Gasteiger partial charge on any atom is -0.294 e. The van der Waals surface area contributed by atoms with Crippen molar-refractivity contribution in [1.29, 1.82) is 0 Å². The van der Waals surface area contributed by atoms with Gasteiger partial charge in [0.1, 0.15) is 0 Å². The summed E-state index contributed by atoms with van der Waals surface area (Å²) in [5.74, 6) is -0.364. The minimum atomic E-state index is -4.42. The average Bonchev–Trinajstić information content (AvgIpc) is 2.76. The molecule has 0 saturated carbocycles. The fraction of sp³-hybridized carbons (Fsp3) is 0.235. The number of alkyl halides is 3. The number of benzene rings is 2. The van der Waals surface area contributed by atoms with Crippen molar-refractivity contribution in [1.82, 2.24) is 0 Å². The maximum atomic E-state index is 12.7. The lowest BCUT2D eigenvalue weighted by atomic mass is 9.92. The van der Waals surface area contributed by atoms with Crippen LogP contribution in [0.3, 0.4) is 0 Å². The van der Waals surface area contributed by atoms with Crippen LogP contribution in [-0.2, 0) is 6.18 Å². The molecule has 1 aliphatic carbocycles. The Morgan fingerprint density at radius 1 is 1.05 bits per heavy atom. The maximum absolute atomic E-state index is 12.7. The Morgan fingerprint density at radius 2 is 1.71 bits per heavy atom. The molecular weight excluding hydrogens is 277 g/mol. The molecule has 108 valence electrons. The first-order valence-electron chi connectivity index (χ1n) is 6.67. The summed E-state index contributed by atoms with van der Waals surface area (Å²) in [6.07, 6.45) is -4.18. The zero-order valence-corrected chi connectivity index (χ0v) is 11.4. The van der Waals surface area contributed by atoms with Gasteiger partial charge in [0, 0.05) is 17.9 Å². The molecule has 21 heavy (non-hydrogen) atoms. The van der Waals surface area contributed by atoms with E-state index in [1.165, 1.54) is 6.07 Å². The molecule has 0 radical (unpaired) electrons. The lowest BCUT2D eigenvalue weighted by Gasteiger charge is -2.13. The van der Waals surface area contributed by atoms with Crippen molar-refractivity contribution in [3.63, 3.8) is 0 Å². The minimum absolute atomic E-state index is 0.143. The number of hydrogen-bond donors (Lipinski definition) is 0. The fourth-order valence-corrected chi connectivity index (χ4v) is 2.78. The van der Waals surface area contributed by atoms with Crippen molar-refractivity contribution < 1.29 is 18.0 Å². The van der Waals surface area contributed by atoms with Crippen LogP contribution in [0, 0.1) is 6.92 Å². The normalized spacial score (nSPS) is 17.9. The van der Waals surface area contributed by atoms with E-state index < -0.39 is 11.7 Å². The molecule has 2 aromatic rings. The molecule has 0 bridgehead atoms. The van der Waals surface area contributed by atoms with Gasteiger partial charge in [-0.15, -0.1) is 0 Å². The molecule has 3 rings (SSSR count). The third-order valence-corrected chi connectivity index (χ3v) is 3.93. The molecule has 0 fully saturated rings. The van der Waals surface area contributed by atoms with E-state index >= 15 is 0 Å². The number of fused-ring (bicyclic) bond motifs is 1. The number of ketones is 1. The van der Waals surface area contributed by atoms with Gasteiger partial charge in [-0.3, -0.25) is 4.79 Å². The molecule has 0 heterocycles. The van der Waals surface area contributed by atoms with Gasteiger partial charge in [0.05, 0.1) is 5.56 Å². The van der Waals surface area contributed by atoms with E-state index in [2.05, 4.69) is 0 Å². The SMILES string of the molecule is Cc1ccc([C@@H]2CC(=O)c3cc(C(F)(F)F)ccc32)cc1. The number of hydrogen-bond acceptors (Lipinski definition) is 1. The fourth-order valence-electron chi connectivity index (χ4n) is 2.78. The Labute approximate surface area is 120 Å². The van der Waals surface area contributed by atoms with Crippen molar-refractivity contribution in [3.8, 4) is 0 Å². The summed E-state index contributed by atoms with van der Waals surface area (Å²) in [6.45, 7) is 1.97. The highest BCUT2D eigenvalue weighted by Crippen LogP contribution is 2.40. The molecule has 0 aromatic heterocycles. The summed E-state index contributed by atoms with van der Waals surface area (Å²) in [6, 6.07) is 11.2. The average molecular weight is 290 g/mol. The largest absolute Gasteiger partial charge is 0.416 e. The zero-order valence-electron chi connectivity index (χ0n) is 11.4. The predicted molar refractivity (Wildman–Crippen MR) is 73.4 cm³/mol. The van der Waals surface area contributed by atoms with Crippen LogP contribution in [0.25, 0.3) is 0 Å². The molecule has 4 heteroatoms. The Morgan fingerprint density at radius 3 is 2.33 bits per heavy atom. The van der Waals surface area contributed by atoms with Gasteiger partial charge in [-0.2, -0.15) is 13.2 Å². The van der Waals surface area contributed by atoms with Crippen LogP contribution in [-0.4, -0.2) is 5.78 Å². The molecular formula is C17H13F3O. The van der Waals surface area contributed by atoms with Gasteiger partial charge in [0.2, 0.25) is 0 Å². The second-order valence-corrected chi connectivity index (χ2v) is 5.39. The van der Waals surface area contributed by atoms with Gasteiger partial charge in [0.15, 0.2) is 5.78 Å². The summed E-state index contributed by atoms with van der Waals surface area (Å²) < 4.78 is 38.2. The van der Waals surface area contributed by atoms with E-state index in [4.69, 9.17) is 0 Å². The van der Waals surface area contributed by atoms with E-state index in [-0.39, 0.29) is 23.7 Å². The van der Waals surface area contributed by atoms with Crippen LogP contribution < -0.4 is 0 Å². The number of rotatable bonds is 1. The van der Waals surface area contributed by atoms with Gasteiger partial charge in [0.25, 0.3) is 0 Å². The lowest BCUT2D eigenvalue weighted by molar-refractivity contribution is -0.137. The van der Waals surface area contributed by atoms with Gasteiger partial charge in [-0.25, -0.2) is 0 Å². The molecule has 0 aliphatic heterocycles. The molecule has 1 nitrogen and oxygen atoms in total. The summed E-state index contributed by atoms with van der Waals surface area (Å²) in [4.78, 5) is 12.0. The van der Waals surface area contributed by atoms with Crippen LogP contribution in [0.5, 0.6) is 0 Å². The first-order chi connectivity index (χ1) is 9.86. The summed E-state index contributed by atoms with van der Waals surface area (Å²) >= 11 is 0. The van der Waals surface area contributed by atoms with Gasteiger partial charge < -0.3 is 0 Å². The Kier molecular flexibility index (Phi) is 3.12. The molecule has 1 atom stereocenters. The van der Waals surface area contributed by atoms with Crippen molar-refractivity contribution in [2.45, 2.75) is 25.4 Å². The number of carbonyl (C=O) groups excluding carboxylic acids is 1. The first kappa shape index (κ1) is 13.9. The third kappa shape index (κ3) is 2.46. The second kappa shape index (κ2) is 4.72. The number of aryl methyl sites for hydroxylation is 1. The lowest BCUT2D eigenvalue weighted by Crippen LogP contribution is -2.06. The molecule has 0 saturated heterocycles. The standard InChI is InChI=1S/C17H13F3O/c1-10-2-4-11(5-3-10)14-9-16(21)15-8-12(17(18,19)20)6-7-13(14)15/h2-8,14H,9H2,1H3/t14-/m0/s1. The maximum Gasteiger partial charge on any atom is 0.416 e. The van der Waals surface area contributed by atoms with Crippen molar-refractivity contribution in [2.24, 2.45) is 0 Å². The van der Waals surface area contributed by atoms with Gasteiger partial charge in [-0.1, -0.05) is 35.9 Å². The highest BCUT2D eigenvalue weighted by Gasteiger charge is 2.35. The van der Waals surface area contributed by atoms with E-state index in [9.17, 15) is 18.0 Å². The van der Waals surface area contributed by atoms with Crippen LogP contribution in [0.2, 0.25) is 0 Å². The summed E-state index contributed by atoms with van der Waals surface area (Å²) in [5, 5.41) is 0.